The number of carbonyl (C=O) groups is 3. The summed E-state index contributed by atoms with van der Waals surface area (Å²) in [6.07, 6.45) is -6.86. The quantitative estimate of drug-likeness (QED) is 0.502. The van der Waals surface area contributed by atoms with Gasteiger partial charge in [0.2, 0.25) is 0 Å². The lowest BCUT2D eigenvalue weighted by Crippen LogP contribution is -2.29. The number of rotatable bonds is 5. The number of halogens is 3. The number of alkyl halides is 3. The predicted octanol–water partition coefficient (Wildman–Crippen LogP) is 1.87. The number of esters is 1. The Balaban J connectivity index is 2.15. The summed E-state index contributed by atoms with van der Waals surface area (Å²) in [5, 5.41) is 0. The minimum absolute atomic E-state index is 0.0621. The van der Waals surface area contributed by atoms with Crippen LogP contribution in [0.3, 0.4) is 0 Å². The number of hydroxylamine groups is 1. The Kier molecular flexibility index (Phi) is 6.84. The Morgan fingerprint density at radius 3 is 2.30 bits per heavy atom. The van der Waals surface area contributed by atoms with Crippen LogP contribution < -0.4 is 5.48 Å². The number of benzene rings is 1. The third-order valence-corrected chi connectivity index (χ3v) is 2.23. The molecule has 1 aromatic carbocycles. The fraction of sp³-hybridized carbons (Fsp3) is 0.308. The van der Waals surface area contributed by atoms with Gasteiger partial charge in [0.15, 0.2) is 0 Å². The van der Waals surface area contributed by atoms with E-state index in [9.17, 15) is 27.6 Å². The van der Waals surface area contributed by atoms with Crippen molar-refractivity contribution in [2.75, 3.05) is 6.61 Å². The molecule has 0 unspecified atom stereocenters. The highest BCUT2D eigenvalue weighted by molar-refractivity contribution is 5.76. The summed E-state index contributed by atoms with van der Waals surface area (Å²) < 4.78 is 43.8. The van der Waals surface area contributed by atoms with E-state index in [0.717, 1.165) is 0 Å². The fourth-order valence-electron chi connectivity index (χ4n) is 1.21. The van der Waals surface area contributed by atoms with Crippen LogP contribution in [0.15, 0.2) is 30.3 Å². The Labute approximate surface area is 128 Å². The minimum Gasteiger partial charge on any atom is -0.458 e. The Hall–Kier alpha value is -2.78. The molecule has 23 heavy (non-hydrogen) atoms. The van der Waals surface area contributed by atoms with E-state index in [1.165, 1.54) is 0 Å². The molecule has 0 saturated carbocycles. The van der Waals surface area contributed by atoms with Crippen LogP contribution in [0.4, 0.5) is 18.0 Å². The molecule has 1 rings (SSSR count). The molecule has 0 aliphatic carbocycles. The van der Waals surface area contributed by atoms with Gasteiger partial charge in [-0.05, 0) is 5.56 Å². The van der Waals surface area contributed by atoms with Crippen molar-refractivity contribution in [2.24, 2.45) is 0 Å². The minimum atomic E-state index is -5.14. The zero-order valence-corrected chi connectivity index (χ0v) is 11.6. The number of hydrogen-bond donors (Lipinski definition) is 1. The summed E-state index contributed by atoms with van der Waals surface area (Å²) >= 11 is 0. The zero-order valence-electron chi connectivity index (χ0n) is 11.6. The van der Waals surface area contributed by atoms with Crippen molar-refractivity contribution >= 4 is 18.0 Å². The average molecular weight is 335 g/mol. The highest BCUT2D eigenvalue weighted by Gasteiger charge is 2.40. The SMILES string of the molecule is O=C(CCOC(=O)C(F)(F)F)ONC(=O)OCc1ccccc1. The molecule has 0 spiro atoms. The number of carbonyl (C=O) groups excluding carboxylic acids is 3. The monoisotopic (exact) mass is 335 g/mol. The summed E-state index contributed by atoms with van der Waals surface area (Å²) in [7, 11) is 0. The second-order valence-corrected chi connectivity index (χ2v) is 4.02. The summed E-state index contributed by atoms with van der Waals surface area (Å²) in [5.74, 6) is -3.52. The van der Waals surface area contributed by atoms with Gasteiger partial charge in [-0.2, -0.15) is 13.2 Å². The van der Waals surface area contributed by atoms with Crippen molar-refractivity contribution in [3.8, 4) is 0 Å². The van der Waals surface area contributed by atoms with Gasteiger partial charge in [-0.1, -0.05) is 30.3 Å². The van der Waals surface area contributed by atoms with E-state index in [0.29, 0.717) is 5.56 Å². The highest BCUT2D eigenvalue weighted by atomic mass is 19.4. The van der Waals surface area contributed by atoms with E-state index in [1.54, 1.807) is 35.8 Å². The molecule has 0 radical (unpaired) electrons. The van der Waals surface area contributed by atoms with Crippen molar-refractivity contribution in [1.82, 2.24) is 5.48 Å². The van der Waals surface area contributed by atoms with Crippen LogP contribution in [0.1, 0.15) is 12.0 Å². The lowest BCUT2D eigenvalue weighted by atomic mass is 10.2. The van der Waals surface area contributed by atoms with E-state index < -0.39 is 37.2 Å². The normalized spacial score (nSPS) is 10.6. The van der Waals surface area contributed by atoms with Gasteiger partial charge in [0, 0.05) is 0 Å². The van der Waals surface area contributed by atoms with Crippen LogP contribution in [-0.4, -0.2) is 30.8 Å². The van der Waals surface area contributed by atoms with E-state index in [-0.39, 0.29) is 6.61 Å². The van der Waals surface area contributed by atoms with E-state index in [2.05, 4.69) is 9.57 Å². The molecule has 7 nitrogen and oxygen atoms in total. The van der Waals surface area contributed by atoms with Gasteiger partial charge in [-0.25, -0.2) is 14.4 Å². The maximum Gasteiger partial charge on any atom is 0.490 e. The van der Waals surface area contributed by atoms with Crippen LogP contribution in [0.2, 0.25) is 0 Å². The average Bonchev–Trinajstić information content (AvgIpc) is 2.51. The van der Waals surface area contributed by atoms with Crippen molar-refractivity contribution in [2.45, 2.75) is 19.2 Å². The molecule has 0 bridgehead atoms. The first-order chi connectivity index (χ1) is 10.8. The fourth-order valence-corrected chi connectivity index (χ4v) is 1.21. The van der Waals surface area contributed by atoms with Gasteiger partial charge >= 0.3 is 24.2 Å². The van der Waals surface area contributed by atoms with Gasteiger partial charge in [-0.15, -0.1) is 5.48 Å². The van der Waals surface area contributed by atoms with Crippen LogP contribution in [0.5, 0.6) is 0 Å². The van der Waals surface area contributed by atoms with Crippen molar-refractivity contribution in [3.05, 3.63) is 35.9 Å². The third-order valence-electron chi connectivity index (χ3n) is 2.23. The van der Waals surface area contributed by atoms with Crippen molar-refractivity contribution in [3.63, 3.8) is 0 Å². The molecule has 1 amide bonds. The molecular weight excluding hydrogens is 323 g/mol. The summed E-state index contributed by atoms with van der Waals surface area (Å²) in [6.45, 7) is -0.897. The van der Waals surface area contributed by atoms with Crippen molar-refractivity contribution < 1.29 is 41.9 Å². The number of nitrogens with one attached hydrogen (secondary N) is 1. The lowest BCUT2D eigenvalue weighted by molar-refractivity contribution is -0.200. The first-order valence-electron chi connectivity index (χ1n) is 6.19. The Bertz CT molecular complexity index is 546. The molecule has 0 heterocycles. The first-order valence-corrected chi connectivity index (χ1v) is 6.19. The maximum absolute atomic E-state index is 11.8. The lowest BCUT2D eigenvalue weighted by Gasteiger charge is -2.08. The molecule has 126 valence electrons. The largest absolute Gasteiger partial charge is 0.490 e. The van der Waals surface area contributed by atoms with Gasteiger partial charge < -0.3 is 14.3 Å². The van der Waals surface area contributed by atoms with Crippen LogP contribution in [0.25, 0.3) is 0 Å². The van der Waals surface area contributed by atoms with E-state index in [4.69, 9.17) is 4.74 Å². The van der Waals surface area contributed by atoms with Crippen LogP contribution in [0, 0.1) is 0 Å². The van der Waals surface area contributed by atoms with Gasteiger partial charge in [0.05, 0.1) is 6.42 Å². The second kappa shape index (κ2) is 8.61. The molecular formula is C13H12F3NO6. The Morgan fingerprint density at radius 1 is 1.04 bits per heavy atom. The summed E-state index contributed by atoms with van der Waals surface area (Å²) in [5.41, 5.74) is 2.35. The predicted molar refractivity (Wildman–Crippen MR) is 67.5 cm³/mol. The van der Waals surface area contributed by atoms with Crippen molar-refractivity contribution in [1.29, 1.82) is 0 Å². The van der Waals surface area contributed by atoms with E-state index in [1.807, 2.05) is 0 Å². The molecule has 1 N–H and O–H groups in total. The maximum atomic E-state index is 11.8. The molecule has 0 saturated heterocycles. The van der Waals surface area contributed by atoms with Crippen LogP contribution in [-0.2, 0) is 30.5 Å². The first kappa shape index (κ1) is 18.3. The molecule has 0 fully saturated rings. The van der Waals surface area contributed by atoms with Gasteiger partial charge in [-0.3, -0.25) is 0 Å². The molecule has 1 aromatic rings. The summed E-state index contributed by atoms with van der Waals surface area (Å²) in [6, 6.07) is 8.65. The van der Waals surface area contributed by atoms with Gasteiger partial charge in [0.1, 0.15) is 13.2 Å². The third kappa shape index (κ3) is 7.69. The number of hydrogen-bond acceptors (Lipinski definition) is 6. The summed E-state index contributed by atoms with van der Waals surface area (Å²) in [4.78, 5) is 36.8. The molecule has 0 aromatic heterocycles. The molecule has 0 aliphatic heterocycles. The van der Waals surface area contributed by atoms with Gasteiger partial charge in [0.25, 0.3) is 0 Å². The topological polar surface area (TPSA) is 90.9 Å². The molecule has 0 atom stereocenters. The Morgan fingerprint density at radius 2 is 1.70 bits per heavy atom. The second-order valence-electron chi connectivity index (χ2n) is 4.02. The van der Waals surface area contributed by atoms with Crippen LogP contribution >= 0.6 is 0 Å². The number of amides is 1. The molecule has 10 heteroatoms. The molecule has 0 aliphatic rings. The van der Waals surface area contributed by atoms with E-state index >= 15 is 0 Å². The zero-order chi connectivity index (χ0) is 17.3. The highest BCUT2D eigenvalue weighted by Crippen LogP contribution is 2.16. The number of ether oxygens (including phenoxy) is 2. The smallest absolute Gasteiger partial charge is 0.458 e. The standard InChI is InChI=1S/C13H12F3NO6/c14-13(15,16)11(19)21-7-6-10(18)23-17-12(20)22-8-9-4-2-1-3-5-9/h1-5H,6-8H2,(H,17,20).